The minimum absolute atomic E-state index is 0.743. The molecule has 0 unspecified atom stereocenters. The molecule has 0 saturated carbocycles. The second-order valence-corrected chi connectivity index (χ2v) is 6.56. The van der Waals surface area contributed by atoms with Crippen molar-refractivity contribution in [2.45, 2.75) is 6.42 Å². The summed E-state index contributed by atoms with van der Waals surface area (Å²) in [5.74, 6) is 3.09. The fourth-order valence-corrected chi connectivity index (χ4v) is 3.43. The first-order chi connectivity index (χ1) is 9.25. The smallest absolute Gasteiger partial charge is 0.191 e. The van der Waals surface area contributed by atoms with Gasteiger partial charge in [-0.15, -0.1) is 0 Å². The molecule has 0 radical (unpaired) electrons. The lowest BCUT2D eigenvalue weighted by atomic mass is 10.4. The van der Waals surface area contributed by atoms with Gasteiger partial charge in [0.1, 0.15) is 0 Å². The number of nitrogens with two attached hydrogens (primary N) is 1. The number of rotatable bonds is 3. The molecule has 0 aliphatic carbocycles. The normalized spacial score (nSPS) is 24.5. The van der Waals surface area contributed by atoms with E-state index in [4.69, 9.17) is 5.73 Å². The Morgan fingerprint density at radius 3 is 2.68 bits per heavy atom. The number of nitrogens with zero attached hydrogens (tertiary/aromatic N) is 4. The Labute approximate surface area is 121 Å². The summed E-state index contributed by atoms with van der Waals surface area (Å²) in [4.78, 5) is 11.7. The van der Waals surface area contributed by atoms with Gasteiger partial charge in [-0.2, -0.15) is 11.8 Å². The summed E-state index contributed by atoms with van der Waals surface area (Å²) in [6.07, 6.45) is 1.26. The zero-order valence-electron chi connectivity index (χ0n) is 12.1. The summed E-state index contributed by atoms with van der Waals surface area (Å²) in [6.45, 7) is 8.71. The minimum Gasteiger partial charge on any atom is -0.370 e. The van der Waals surface area contributed by atoms with Crippen molar-refractivity contribution in [3.8, 4) is 0 Å². The van der Waals surface area contributed by atoms with Crippen molar-refractivity contribution < 1.29 is 0 Å². The van der Waals surface area contributed by atoms with Gasteiger partial charge >= 0.3 is 0 Å². The van der Waals surface area contributed by atoms with Crippen LogP contribution in [0.15, 0.2) is 4.99 Å². The lowest BCUT2D eigenvalue weighted by Crippen LogP contribution is -2.43. The summed E-state index contributed by atoms with van der Waals surface area (Å²) in [5.41, 5.74) is 6.06. The highest BCUT2D eigenvalue weighted by Crippen LogP contribution is 2.08. The standard InChI is InChI=1S/C13H27N5S/c1-16-4-2-5-17(8-7-16)6-3-15-13(14)18-9-11-19-12-10-18/h2-12H2,1H3,(H2,14,15). The molecular weight excluding hydrogens is 258 g/mol. The van der Waals surface area contributed by atoms with Crippen molar-refractivity contribution in [2.75, 3.05) is 70.9 Å². The van der Waals surface area contributed by atoms with Gasteiger partial charge in [0, 0.05) is 44.2 Å². The van der Waals surface area contributed by atoms with Gasteiger partial charge < -0.3 is 20.4 Å². The van der Waals surface area contributed by atoms with Crippen LogP contribution in [0.5, 0.6) is 0 Å². The van der Waals surface area contributed by atoms with Crippen LogP contribution in [0.3, 0.4) is 0 Å². The van der Waals surface area contributed by atoms with Gasteiger partial charge in [-0.3, -0.25) is 4.99 Å². The Balaban J connectivity index is 1.69. The first kappa shape index (κ1) is 14.9. The van der Waals surface area contributed by atoms with E-state index in [2.05, 4.69) is 26.7 Å². The van der Waals surface area contributed by atoms with E-state index in [0.29, 0.717) is 0 Å². The van der Waals surface area contributed by atoms with Gasteiger partial charge in [0.05, 0.1) is 6.54 Å². The molecule has 0 aromatic carbocycles. The average molecular weight is 285 g/mol. The van der Waals surface area contributed by atoms with Gasteiger partial charge in [0.15, 0.2) is 5.96 Å². The van der Waals surface area contributed by atoms with Gasteiger partial charge in [0.2, 0.25) is 0 Å². The lowest BCUT2D eigenvalue weighted by molar-refractivity contribution is 0.283. The molecule has 6 heteroatoms. The van der Waals surface area contributed by atoms with Crippen molar-refractivity contribution in [3.63, 3.8) is 0 Å². The zero-order chi connectivity index (χ0) is 13.5. The average Bonchev–Trinajstić information content (AvgIpc) is 2.65. The number of thioether (sulfide) groups is 1. The van der Waals surface area contributed by atoms with E-state index in [-0.39, 0.29) is 0 Å². The topological polar surface area (TPSA) is 48.1 Å². The number of hydrogen-bond donors (Lipinski definition) is 1. The molecular formula is C13H27N5S. The highest BCUT2D eigenvalue weighted by Gasteiger charge is 2.13. The molecule has 2 fully saturated rings. The van der Waals surface area contributed by atoms with Gasteiger partial charge in [-0.1, -0.05) is 0 Å². The predicted octanol–water partition coefficient (Wildman–Crippen LogP) is -0.0126. The Kier molecular flexibility index (Phi) is 6.26. The molecule has 2 saturated heterocycles. The third kappa shape index (κ3) is 5.20. The fraction of sp³-hybridized carbons (Fsp3) is 0.923. The molecule has 0 amide bonds. The maximum atomic E-state index is 6.06. The monoisotopic (exact) mass is 285 g/mol. The van der Waals surface area contributed by atoms with E-state index in [9.17, 15) is 0 Å². The fourth-order valence-electron chi connectivity index (χ4n) is 2.52. The zero-order valence-corrected chi connectivity index (χ0v) is 12.9. The molecule has 2 aliphatic heterocycles. The van der Waals surface area contributed by atoms with E-state index in [1.165, 1.54) is 37.6 Å². The van der Waals surface area contributed by atoms with Crippen molar-refractivity contribution in [1.29, 1.82) is 0 Å². The van der Waals surface area contributed by atoms with Crippen LogP contribution in [0, 0.1) is 0 Å². The van der Waals surface area contributed by atoms with Crippen LogP contribution >= 0.6 is 11.8 Å². The highest BCUT2D eigenvalue weighted by atomic mass is 32.2. The Morgan fingerprint density at radius 2 is 1.89 bits per heavy atom. The molecule has 2 N–H and O–H groups in total. The summed E-state index contributed by atoms with van der Waals surface area (Å²) in [7, 11) is 2.20. The van der Waals surface area contributed by atoms with Crippen LogP contribution in [-0.2, 0) is 0 Å². The Hall–Kier alpha value is -0.460. The maximum absolute atomic E-state index is 6.06. The van der Waals surface area contributed by atoms with E-state index >= 15 is 0 Å². The first-order valence-electron chi connectivity index (χ1n) is 7.29. The quantitative estimate of drug-likeness (QED) is 0.584. The van der Waals surface area contributed by atoms with E-state index in [1.54, 1.807) is 0 Å². The summed E-state index contributed by atoms with van der Waals surface area (Å²) in [5, 5.41) is 0. The van der Waals surface area contributed by atoms with Crippen molar-refractivity contribution in [3.05, 3.63) is 0 Å². The molecule has 0 aromatic heterocycles. The van der Waals surface area contributed by atoms with Crippen LogP contribution in [-0.4, -0.2) is 91.6 Å². The van der Waals surface area contributed by atoms with E-state index in [0.717, 1.165) is 38.7 Å². The van der Waals surface area contributed by atoms with Crippen LogP contribution in [0.1, 0.15) is 6.42 Å². The van der Waals surface area contributed by atoms with E-state index < -0.39 is 0 Å². The first-order valence-corrected chi connectivity index (χ1v) is 8.44. The lowest BCUT2D eigenvalue weighted by Gasteiger charge is -2.27. The molecule has 0 aromatic rings. The molecule has 0 bridgehead atoms. The molecule has 19 heavy (non-hydrogen) atoms. The maximum Gasteiger partial charge on any atom is 0.191 e. The number of guanidine groups is 1. The molecule has 2 aliphatic rings. The third-order valence-electron chi connectivity index (χ3n) is 3.84. The van der Waals surface area contributed by atoms with Gasteiger partial charge in [-0.05, 0) is 26.6 Å². The number of aliphatic imine (C=N–C) groups is 1. The van der Waals surface area contributed by atoms with Crippen molar-refractivity contribution in [2.24, 2.45) is 10.7 Å². The van der Waals surface area contributed by atoms with Crippen LogP contribution < -0.4 is 5.73 Å². The molecule has 2 rings (SSSR count). The Bertz CT molecular complexity index is 291. The SMILES string of the molecule is CN1CCCN(CCN=C(N)N2CCSCC2)CC1. The van der Waals surface area contributed by atoms with Crippen LogP contribution in [0.4, 0.5) is 0 Å². The second kappa shape index (κ2) is 7.97. The van der Waals surface area contributed by atoms with Crippen LogP contribution in [0.2, 0.25) is 0 Å². The van der Waals surface area contributed by atoms with Crippen molar-refractivity contribution >= 4 is 17.7 Å². The summed E-state index contributed by atoms with van der Waals surface area (Å²) in [6, 6.07) is 0. The molecule has 110 valence electrons. The minimum atomic E-state index is 0.743. The molecule has 2 heterocycles. The van der Waals surface area contributed by atoms with Crippen LogP contribution in [0.25, 0.3) is 0 Å². The number of likely N-dealkylation sites (N-methyl/N-ethyl adjacent to an activating group) is 1. The third-order valence-corrected chi connectivity index (χ3v) is 4.78. The molecule has 0 spiro atoms. The Morgan fingerprint density at radius 1 is 1.11 bits per heavy atom. The number of hydrogen-bond acceptors (Lipinski definition) is 4. The highest BCUT2D eigenvalue weighted by molar-refractivity contribution is 7.99. The largest absolute Gasteiger partial charge is 0.370 e. The second-order valence-electron chi connectivity index (χ2n) is 5.34. The molecule has 0 atom stereocenters. The summed E-state index contributed by atoms with van der Waals surface area (Å²) >= 11 is 2.00. The molecule has 5 nitrogen and oxygen atoms in total. The van der Waals surface area contributed by atoms with E-state index in [1.807, 2.05) is 11.8 Å². The van der Waals surface area contributed by atoms with Gasteiger partial charge in [-0.25, -0.2) is 0 Å². The predicted molar refractivity (Wildman–Crippen MR) is 83.9 cm³/mol. The van der Waals surface area contributed by atoms with Crippen molar-refractivity contribution in [1.82, 2.24) is 14.7 Å². The van der Waals surface area contributed by atoms with Gasteiger partial charge in [0.25, 0.3) is 0 Å². The summed E-state index contributed by atoms with van der Waals surface area (Å²) < 4.78 is 0.